The number of nitrogens with one attached hydrogen (secondary N) is 1. The standard InChI is InChI=1S/C13H14Cl3NO3.C2H6O/c1-7(18)4-11(17)9-5-8(6-10(14)13(9)19)20-3-2-12(15)16;1-2-3/h2,5-7,17-19H,3-4H2,1H3;3H,2H2,1H3. The molecule has 1 unspecified atom stereocenters. The summed E-state index contributed by atoms with van der Waals surface area (Å²) in [6, 6.07) is 2.90. The van der Waals surface area contributed by atoms with E-state index in [0.29, 0.717) is 5.75 Å². The van der Waals surface area contributed by atoms with Gasteiger partial charge in [0, 0.05) is 30.4 Å². The topological polar surface area (TPSA) is 93.8 Å². The van der Waals surface area contributed by atoms with E-state index >= 15 is 0 Å². The Labute approximate surface area is 150 Å². The van der Waals surface area contributed by atoms with Crippen LogP contribution in [0.5, 0.6) is 11.5 Å². The second-order valence-corrected chi connectivity index (χ2v) is 5.87. The summed E-state index contributed by atoms with van der Waals surface area (Å²) in [7, 11) is 0. The van der Waals surface area contributed by atoms with Crippen LogP contribution in [0.2, 0.25) is 5.02 Å². The Morgan fingerprint density at radius 3 is 2.43 bits per heavy atom. The van der Waals surface area contributed by atoms with Gasteiger partial charge in [-0.1, -0.05) is 34.8 Å². The third-order valence-electron chi connectivity index (χ3n) is 2.35. The molecular weight excluding hydrogens is 365 g/mol. The van der Waals surface area contributed by atoms with E-state index in [1.807, 2.05) is 0 Å². The lowest BCUT2D eigenvalue weighted by Gasteiger charge is -2.12. The number of benzene rings is 1. The average Bonchev–Trinajstić information content (AvgIpc) is 2.42. The zero-order valence-electron chi connectivity index (χ0n) is 12.8. The molecule has 1 atom stereocenters. The molecular formula is C15H20Cl3NO4. The second-order valence-electron chi connectivity index (χ2n) is 4.45. The van der Waals surface area contributed by atoms with Crippen LogP contribution in [0, 0.1) is 5.41 Å². The van der Waals surface area contributed by atoms with E-state index in [0.717, 1.165) is 0 Å². The first-order valence-electron chi connectivity index (χ1n) is 6.76. The maximum absolute atomic E-state index is 9.85. The monoisotopic (exact) mass is 383 g/mol. The third kappa shape index (κ3) is 9.03. The van der Waals surface area contributed by atoms with E-state index in [9.17, 15) is 10.2 Å². The molecule has 0 aliphatic carbocycles. The Morgan fingerprint density at radius 1 is 1.39 bits per heavy atom. The fraction of sp³-hybridized carbons (Fsp3) is 0.400. The molecule has 0 aliphatic heterocycles. The van der Waals surface area contributed by atoms with Crippen molar-refractivity contribution < 1.29 is 20.1 Å². The molecule has 0 heterocycles. The Morgan fingerprint density at radius 2 is 1.96 bits per heavy atom. The Hall–Kier alpha value is -0.980. The Kier molecular flexibility index (Phi) is 11.0. The number of ether oxygens (including phenoxy) is 1. The van der Waals surface area contributed by atoms with E-state index in [4.69, 9.17) is 50.1 Å². The van der Waals surface area contributed by atoms with Crippen molar-refractivity contribution in [1.82, 2.24) is 0 Å². The molecule has 1 rings (SSSR count). The van der Waals surface area contributed by atoms with Gasteiger partial charge in [0.2, 0.25) is 0 Å². The number of hydrogen-bond acceptors (Lipinski definition) is 5. The van der Waals surface area contributed by atoms with Crippen LogP contribution in [-0.2, 0) is 0 Å². The highest BCUT2D eigenvalue weighted by molar-refractivity contribution is 6.55. The number of phenols is 1. The van der Waals surface area contributed by atoms with E-state index in [1.54, 1.807) is 13.8 Å². The summed E-state index contributed by atoms with van der Waals surface area (Å²) in [6.07, 6.45) is 0.856. The molecule has 0 aromatic heterocycles. The van der Waals surface area contributed by atoms with Crippen LogP contribution in [0.25, 0.3) is 0 Å². The van der Waals surface area contributed by atoms with Crippen molar-refractivity contribution in [2.24, 2.45) is 0 Å². The summed E-state index contributed by atoms with van der Waals surface area (Å²) in [5.41, 5.74) is 0.283. The highest BCUT2D eigenvalue weighted by Gasteiger charge is 2.15. The van der Waals surface area contributed by atoms with Gasteiger partial charge < -0.3 is 25.5 Å². The molecule has 1 aromatic carbocycles. The van der Waals surface area contributed by atoms with E-state index < -0.39 is 6.10 Å². The lowest BCUT2D eigenvalue weighted by Crippen LogP contribution is -2.10. The van der Waals surface area contributed by atoms with Crippen molar-refractivity contribution in [3.05, 3.63) is 33.3 Å². The van der Waals surface area contributed by atoms with E-state index in [2.05, 4.69) is 0 Å². The summed E-state index contributed by atoms with van der Waals surface area (Å²) in [6.45, 7) is 3.62. The molecule has 0 fully saturated rings. The molecule has 0 bridgehead atoms. The van der Waals surface area contributed by atoms with Gasteiger partial charge >= 0.3 is 0 Å². The highest BCUT2D eigenvalue weighted by Crippen LogP contribution is 2.33. The number of aliphatic hydroxyl groups excluding tert-OH is 2. The van der Waals surface area contributed by atoms with Crippen LogP contribution in [0.4, 0.5) is 0 Å². The fourth-order valence-corrected chi connectivity index (χ4v) is 1.83. The van der Waals surface area contributed by atoms with Crippen LogP contribution < -0.4 is 4.74 Å². The maximum atomic E-state index is 9.85. The first-order valence-corrected chi connectivity index (χ1v) is 7.89. The molecule has 0 radical (unpaired) electrons. The van der Waals surface area contributed by atoms with Gasteiger partial charge in [-0.15, -0.1) is 0 Å². The molecule has 0 aliphatic rings. The molecule has 0 saturated carbocycles. The van der Waals surface area contributed by atoms with Gasteiger partial charge in [0.15, 0.2) is 0 Å². The minimum atomic E-state index is -0.691. The molecule has 5 nitrogen and oxygen atoms in total. The van der Waals surface area contributed by atoms with Gasteiger partial charge in [0.1, 0.15) is 22.6 Å². The number of aliphatic hydroxyl groups is 2. The minimum Gasteiger partial charge on any atom is -0.506 e. The zero-order chi connectivity index (χ0) is 18.0. The summed E-state index contributed by atoms with van der Waals surface area (Å²) in [5.74, 6) is 0.152. The first kappa shape index (κ1) is 22.0. The number of halogens is 3. The van der Waals surface area contributed by atoms with Gasteiger partial charge in [0.25, 0.3) is 0 Å². The zero-order valence-corrected chi connectivity index (χ0v) is 15.1. The normalized spacial score (nSPS) is 11.1. The summed E-state index contributed by atoms with van der Waals surface area (Å²) < 4.78 is 5.43. The molecule has 0 saturated heterocycles. The number of rotatable bonds is 6. The summed E-state index contributed by atoms with van der Waals surface area (Å²) >= 11 is 16.8. The smallest absolute Gasteiger partial charge is 0.143 e. The van der Waals surface area contributed by atoms with Crippen molar-refractivity contribution in [2.75, 3.05) is 13.2 Å². The molecule has 8 heteroatoms. The molecule has 0 spiro atoms. The minimum absolute atomic E-state index is 0.0637. The molecule has 1 aromatic rings. The first-order chi connectivity index (χ1) is 10.7. The lowest BCUT2D eigenvalue weighted by atomic mass is 10.0. The van der Waals surface area contributed by atoms with Crippen molar-refractivity contribution in [2.45, 2.75) is 26.4 Å². The largest absolute Gasteiger partial charge is 0.506 e. The third-order valence-corrected chi connectivity index (χ3v) is 2.95. The van der Waals surface area contributed by atoms with Crippen molar-refractivity contribution in [3.63, 3.8) is 0 Å². The Balaban J connectivity index is 0.00000149. The van der Waals surface area contributed by atoms with Crippen LogP contribution in [0.1, 0.15) is 25.8 Å². The number of hydrogen-bond donors (Lipinski definition) is 4. The van der Waals surface area contributed by atoms with Crippen LogP contribution in [-0.4, -0.2) is 40.3 Å². The van der Waals surface area contributed by atoms with Crippen LogP contribution in [0.15, 0.2) is 22.7 Å². The van der Waals surface area contributed by atoms with Crippen LogP contribution >= 0.6 is 34.8 Å². The average molecular weight is 385 g/mol. The predicted octanol–water partition coefficient (Wildman–Crippen LogP) is 3.88. The number of phenolic OH excluding ortho intramolecular Hbond substituents is 1. The van der Waals surface area contributed by atoms with Gasteiger partial charge in [0.05, 0.1) is 11.1 Å². The quantitative estimate of drug-likeness (QED) is 0.560. The van der Waals surface area contributed by atoms with Crippen molar-refractivity contribution >= 4 is 40.5 Å². The van der Waals surface area contributed by atoms with Gasteiger partial charge in [-0.05, 0) is 26.0 Å². The molecule has 23 heavy (non-hydrogen) atoms. The predicted molar refractivity (Wildman–Crippen MR) is 94.3 cm³/mol. The van der Waals surface area contributed by atoms with Crippen LogP contribution in [0.3, 0.4) is 0 Å². The highest BCUT2D eigenvalue weighted by atomic mass is 35.5. The molecule has 4 N–H and O–H groups in total. The van der Waals surface area contributed by atoms with Gasteiger partial charge in [-0.3, -0.25) is 0 Å². The van der Waals surface area contributed by atoms with Gasteiger partial charge in [-0.25, -0.2) is 0 Å². The SMILES string of the molecule is CC(O)CC(=N)c1cc(OCC=C(Cl)Cl)cc(Cl)c1O.CCO. The van der Waals surface area contributed by atoms with Crippen molar-refractivity contribution in [1.29, 1.82) is 5.41 Å². The molecule has 130 valence electrons. The van der Waals surface area contributed by atoms with E-state index in [-0.39, 0.29) is 46.2 Å². The molecule has 0 amide bonds. The lowest BCUT2D eigenvalue weighted by molar-refractivity contribution is 0.203. The fourth-order valence-electron chi connectivity index (χ4n) is 1.49. The van der Waals surface area contributed by atoms with E-state index in [1.165, 1.54) is 18.2 Å². The maximum Gasteiger partial charge on any atom is 0.143 e. The summed E-state index contributed by atoms with van der Waals surface area (Å²) in [4.78, 5) is 0. The van der Waals surface area contributed by atoms with Crippen molar-refractivity contribution in [3.8, 4) is 11.5 Å². The Bertz CT molecular complexity index is 544. The summed E-state index contributed by atoms with van der Waals surface area (Å²) in [5, 5.41) is 34.6. The second kappa shape index (κ2) is 11.5. The number of aromatic hydroxyl groups is 1. The van der Waals surface area contributed by atoms with Gasteiger partial charge in [-0.2, -0.15) is 0 Å².